The van der Waals surface area contributed by atoms with Gasteiger partial charge in [0, 0.05) is 19.4 Å². The molecule has 3 aromatic rings. The van der Waals surface area contributed by atoms with Crippen molar-refractivity contribution in [1.29, 1.82) is 0 Å². The summed E-state index contributed by atoms with van der Waals surface area (Å²) >= 11 is 0. The maximum absolute atomic E-state index is 14.4. The summed E-state index contributed by atoms with van der Waals surface area (Å²) in [5.74, 6) is -8.95. The Morgan fingerprint density at radius 2 is 1.05 bits per heavy atom. The number of carboxylic acids is 1. The van der Waals surface area contributed by atoms with Crippen LogP contribution in [0.2, 0.25) is 0 Å². The van der Waals surface area contributed by atoms with Crippen LogP contribution in [0.3, 0.4) is 0 Å². The monoisotopic (exact) mass is 1030 g/mol. The molecular weight excluding hydrogens is 963 g/mol. The molecule has 0 bridgehead atoms. The number of benzene rings is 3. The Balaban J connectivity index is 1.47. The number of nitrogens with zero attached hydrogens (tertiary/aromatic N) is 1. The Bertz CT molecular complexity index is 2410. The number of aliphatic carboxylic acids is 1. The summed E-state index contributed by atoms with van der Waals surface area (Å²) in [6.45, 7) is 6.09. The van der Waals surface area contributed by atoms with Gasteiger partial charge in [-0.1, -0.05) is 86.6 Å². The number of aliphatic hydroxyl groups is 3. The largest absolute Gasteiger partial charge is 0.508 e. The number of likely N-dealkylation sites (tertiary alicyclic amines) is 1. The van der Waals surface area contributed by atoms with E-state index < -0.39 is 132 Å². The zero-order valence-electron chi connectivity index (χ0n) is 41.9. The highest BCUT2D eigenvalue weighted by Gasteiger charge is 2.41. The lowest BCUT2D eigenvalue weighted by atomic mass is 9.99. The van der Waals surface area contributed by atoms with Crippen LogP contribution in [0.5, 0.6) is 5.75 Å². The van der Waals surface area contributed by atoms with Gasteiger partial charge in [-0.2, -0.15) is 0 Å². The highest BCUT2D eigenvalue weighted by atomic mass is 16.4. The third-order valence-electron chi connectivity index (χ3n) is 12.3. The zero-order chi connectivity index (χ0) is 54.8. The number of hydrogen-bond donors (Lipinski definition) is 13. The van der Waals surface area contributed by atoms with E-state index in [1.165, 1.54) is 37.8 Å². The molecule has 8 amide bonds. The van der Waals surface area contributed by atoms with Crippen LogP contribution in [-0.4, -0.2) is 163 Å². The molecule has 0 aromatic heterocycles. The zero-order valence-corrected chi connectivity index (χ0v) is 41.9. The van der Waals surface area contributed by atoms with Crippen LogP contribution >= 0.6 is 0 Å². The molecule has 74 heavy (non-hydrogen) atoms. The van der Waals surface area contributed by atoms with Gasteiger partial charge in [0.1, 0.15) is 48.0 Å². The first-order valence-corrected chi connectivity index (χ1v) is 24.2. The van der Waals surface area contributed by atoms with Gasteiger partial charge in [0.05, 0.1) is 24.9 Å². The molecule has 14 N–H and O–H groups in total. The molecule has 0 radical (unpaired) electrons. The minimum atomic E-state index is -1.69. The second kappa shape index (κ2) is 28.1. The third kappa shape index (κ3) is 17.3. The van der Waals surface area contributed by atoms with E-state index in [-0.39, 0.29) is 38.0 Å². The molecule has 11 atom stereocenters. The van der Waals surface area contributed by atoms with E-state index in [4.69, 9.17) is 5.73 Å². The van der Waals surface area contributed by atoms with E-state index in [0.29, 0.717) is 23.1 Å². The molecule has 4 rings (SSSR count). The number of nitrogens with one attached hydrogen (secondary N) is 7. The van der Waals surface area contributed by atoms with Gasteiger partial charge in [0.25, 0.3) is 0 Å². The van der Waals surface area contributed by atoms with E-state index in [1.54, 1.807) is 86.6 Å². The molecular formula is C51H69N9O14. The molecule has 1 fully saturated rings. The lowest BCUT2D eigenvalue weighted by Gasteiger charge is -2.31. The van der Waals surface area contributed by atoms with Gasteiger partial charge in [-0.15, -0.1) is 0 Å². The first kappa shape index (κ1) is 59.1. The van der Waals surface area contributed by atoms with Crippen LogP contribution in [0, 0.1) is 5.92 Å². The number of hydrogen-bond acceptors (Lipinski definition) is 14. The normalized spacial score (nSPS) is 17.3. The second-order valence-electron chi connectivity index (χ2n) is 18.7. The Labute approximate surface area is 428 Å². The molecule has 1 aliphatic heterocycles. The Morgan fingerprint density at radius 1 is 0.568 bits per heavy atom. The quantitative estimate of drug-likeness (QED) is 0.0400. The molecule has 0 unspecified atom stereocenters. The fourth-order valence-corrected chi connectivity index (χ4v) is 8.08. The lowest BCUT2D eigenvalue weighted by Crippen LogP contribution is -2.62. The number of carbonyl (C=O) groups is 9. The van der Waals surface area contributed by atoms with Gasteiger partial charge < -0.3 is 73.4 Å². The molecule has 1 saturated heterocycles. The van der Waals surface area contributed by atoms with Gasteiger partial charge in [0.15, 0.2) is 6.04 Å². The Hall–Kier alpha value is -7.47. The number of phenolic OH excluding ortho intramolecular Hbond substituents is 1. The van der Waals surface area contributed by atoms with Crippen molar-refractivity contribution in [3.05, 3.63) is 102 Å². The van der Waals surface area contributed by atoms with Crippen molar-refractivity contribution in [1.82, 2.24) is 42.1 Å². The van der Waals surface area contributed by atoms with Gasteiger partial charge in [-0.3, -0.25) is 38.4 Å². The number of amides is 8. The fourth-order valence-electron chi connectivity index (χ4n) is 8.08. The number of aromatic hydroxyl groups is 1. The molecule has 1 aliphatic rings. The fraction of sp³-hybridized carbons (Fsp3) is 0.471. The van der Waals surface area contributed by atoms with Crippen molar-refractivity contribution in [3.63, 3.8) is 0 Å². The number of carboxylic acid groups (broad SMARTS) is 1. The smallest absolute Gasteiger partial charge is 0.328 e. The van der Waals surface area contributed by atoms with Crippen LogP contribution in [0.1, 0.15) is 64.2 Å². The maximum Gasteiger partial charge on any atom is 0.328 e. The molecule has 3 aromatic carbocycles. The van der Waals surface area contributed by atoms with Gasteiger partial charge >= 0.3 is 5.97 Å². The van der Waals surface area contributed by atoms with Gasteiger partial charge in [0.2, 0.25) is 47.3 Å². The maximum atomic E-state index is 14.4. The van der Waals surface area contributed by atoms with Gasteiger partial charge in [-0.05, 0) is 74.8 Å². The van der Waals surface area contributed by atoms with Crippen molar-refractivity contribution in [2.75, 3.05) is 13.2 Å². The molecule has 1 heterocycles. The third-order valence-corrected chi connectivity index (χ3v) is 12.3. The van der Waals surface area contributed by atoms with Crippen molar-refractivity contribution in [2.24, 2.45) is 11.7 Å². The minimum Gasteiger partial charge on any atom is -0.508 e. The molecule has 0 saturated carbocycles. The average Bonchev–Trinajstić information content (AvgIpc) is 3.86. The number of nitrogens with two attached hydrogens (primary N) is 1. The van der Waals surface area contributed by atoms with Crippen molar-refractivity contribution < 1.29 is 68.7 Å². The van der Waals surface area contributed by atoms with Crippen LogP contribution in [0.4, 0.5) is 0 Å². The number of rotatable bonds is 26. The van der Waals surface area contributed by atoms with Crippen LogP contribution in [0.25, 0.3) is 0 Å². The van der Waals surface area contributed by atoms with Gasteiger partial charge in [-0.25, -0.2) is 4.79 Å². The standard InChI is InChI=1S/C51H69N9O14/c1-27(2)40(48(70)55-37(25-32-15-10-7-11-16-32)50(72)60-22-12-17-39(60)47(69)59-42(30(5)63)51(73)74)57-45(67)36(24-31-13-8-6-9-14-31)54-43(65)28(3)53-46(68)38(26-61)56-49(71)41(29(4)62)58-44(66)35(52)23-33-18-20-34(64)21-19-33/h6-11,13-16,18-21,27-30,35-42,61-64H,12,17,22-26,52H2,1-5H3,(H,53,68)(H,54,65)(H,55,70)(H,56,71)(H,57,67)(H,58,66)(H,59,69)(H,73,74)/t28-,29+,30+,35-,36-,37-,38-,39-,40-,41-,42-/m0/s1. The van der Waals surface area contributed by atoms with E-state index >= 15 is 0 Å². The molecule has 0 aliphatic carbocycles. The summed E-state index contributed by atoms with van der Waals surface area (Å²) < 4.78 is 0. The summed E-state index contributed by atoms with van der Waals surface area (Å²) in [6, 6.07) is 10.5. The Morgan fingerprint density at radius 3 is 1.58 bits per heavy atom. The lowest BCUT2D eigenvalue weighted by molar-refractivity contribution is -0.147. The summed E-state index contributed by atoms with van der Waals surface area (Å²) in [6.07, 6.45) is -2.50. The summed E-state index contributed by atoms with van der Waals surface area (Å²) in [5, 5.41) is 66.9. The van der Waals surface area contributed by atoms with Crippen LogP contribution in [-0.2, 0) is 62.4 Å². The topological polar surface area (TPSA) is 368 Å². The first-order chi connectivity index (χ1) is 35.0. The summed E-state index contributed by atoms with van der Waals surface area (Å²) in [4.78, 5) is 123. The van der Waals surface area contributed by atoms with Crippen molar-refractivity contribution in [2.45, 2.75) is 133 Å². The second-order valence-corrected chi connectivity index (χ2v) is 18.7. The molecule has 0 spiro atoms. The SMILES string of the molecule is CC(C)[C@H](NC(=O)[C@H](Cc1ccccc1)NC(=O)[C@H](C)NC(=O)[C@H](CO)NC(=O)[C@@H](NC(=O)[C@@H](N)Cc1ccc(O)cc1)[C@@H](C)O)C(=O)N[C@@H](Cc1ccccc1)C(=O)N1CCC[C@H]1C(=O)N[C@H](C(=O)O)[C@@H](C)O. The average molecular weight is 1030 g/mol. The van der Waals surface area contributed by atoms with Crippen LogP contribution in [0.15, 0.2) is 84.9 Å². The first-order valence-electron chi connectivity index (χ1n) is 24.2. The summed E-state index contributed by atoms with van der Waals surface area (Å²) in [5.41, 5.74) is 7.87. The number of aliphatic hydroxyl groups excluding tert-OH is 3. The van der Waals surface area contributed by atoms with Crippen molar-refractivity contribution in [3.8, 4) is 5.75 Å². The van der Waals surface area contributed by atoms with Crippen LogP contribution < -0.4 is 43.0 Å². The van der Waals surface area contributed by atoms with E-state index in [1.807, 2.05) is 0 Å². The number of carbonyl (C=O) groups excluding carboxylic acids is 8. The number of phenols is 1. The minimum absolute atomic E-state index is 0.00291. The van der Waals surface area contributed by atoms with E-state index in [2.05, 4.69) is 37.2 Å². The summed E-state index contributed by atoms with van der Waals surface area (Å²) in [7, 11) is 0. The molecule has 402 valence electrons. The highest BCUT2D eigenvalue weighted by molar-refractivity contribution is 5.98. The predicted octanol–water partition coefficient (Wildman–Crippen LogP) is -2.35. The van der Waals surface area contributed by atoms with E-state index in [9.17, 15) is 68.7 Å². The van der Waals surface area contributed by atoms with E-state index in [0.717, 1.165) is 0 Å². The Kier molecular flexibility index (Phi) is 22.4. The van der Waals surface area contributed by atoms with Crippen molar-refractivity contribution >= 4 is 53.2 Å². The molecule has 23 heteroatoms. The predicted molar refractivity (Wildman–Crippen MR) is 267 cm³/mol. The highest BCUT2D eigenvalue weighted by Crippen LogP contribution is 2.21. The molecule has 23 nitrogen and oxygen atoms in total.